The van der Waals surface area contributed by atoms with E-state index in [1.807, 2.05) is 13.8 Å². The predicted molar refractivity (Wildman–Crippen MR) is 97.2 cm³/mol. The molecule has 0 bridgehead atoms. The number of rotatable bonds is 6. The highest BCUT2D eigenvalue weighted by atomic mass is 32.2. The number of carbonyl (C=O) groups excluding carboxylic acids is 1. The van der Waals surface area contributed by atoms with Crippen molar-refractivity contribution in [1.29, 1.82) is 0 Å². The summed E-state index contributed by atoms with van der Waals surface area (Å²) < 4.78 is 34.2. The van der Waals surface area contributed by atoms with Gasteiger partial charge in [-0.15, -0.1) is 0 Å². The Labute approximate surface area is 149 Å². The molecule has 25 heavy (non-hydrogen) atoms. The monoisotopic (exact) mass is 370 g/mol. The van der Waals surface area contributed by atoms with Crippen LogP contribution in [0.3, 0.4) is 0 Å². The maximum absolute atomic E-state index is 12.4. The van der Waals surface area contributed by atoms with Crippen LogP contribution in [0.1, 0.15) is 26.7 Å². The minimum absolute atomic E-state index is 0.237. The minimum Gasteiger partial charge on any atom is -0.490 e. The number of likely N-dealkylation sites (tertiary alicyclic amines) is 1. The van der Waals surface area contributed by atoms with Gasteiger partial charge < -0.3 is 19.7 Å². The van der Waals surface area contributed by atoms with Gasteiger partial charge in [-0.2, -0.15) is 0 Å². The zero-order chi connectivity index (χ0) is 18.4. The number of urea groups is 1. The van der Waals surface area contributed by atoms with E-state index < -0.39 is 9.84 Å². The van der Waals surface area contributed by atoms with Crippen molar-refractivity contribution >= 4 is 21.6 Å². The maximum atomic E-state index is 12.4. The van der Waals surface area contributed by atoms with Crippen molar-refractivity contribution in [2.24, 2.45) is 0 Å². The Morgan fingerprint density at radius 3 is 2.32 bits per heavy atom. The van der Waals surface area contributed by atoms with Gasteiger partial charge in [-0.25, -0.2) is 13.2 Å². The van der Waals surface area contributed by atoms with Crippen molar-refractivity contribution in [3.05, 3.63) is 18.2 Å². The molecule has 2 rings (SSSR count). The van der Waals surface area contributed by atoms with Gasteiger partial charge in [-0.05, 0) is 38.8 Å². The molecule has 1 saturated heterocycles. The van der Waals surface area contributed by atoms with Crippen LogP contribution in [0.5, 0.6) is 11.5 Å². The Hall–Kier alpha value is -1.96. The molecule has 1 aliphatic heterocycles. The largest absolute Gasteiger partial charge is 0.490 e. The molecule has 0 unspecified atom stereocenters. The summed E-state index contributed by atoms with van der Waals surface area (Å²) in [4.78, 5) is 14.0. The molecule has 1 aromatic rings. The van der Waals surface area contributed by atoms with Gasteiger partial charge in [-0.1, -0.05) is 0 Å². The average Bonchev–Trinajstić information content (AvgIpc) is 2.57. The predicted octanol–water partition coefficient (Wildman–Crippen LogP) is 2.52. The molecular formula is C17H26N2O5S. The summed E-state index contributed by atoms with van der Waals surface area (Å²) in [6, 6.07) is 5.02. The molecule has 1 aromatic carbocycles. The molecule has 0 atom stereocenters. The van der Waals surface area contributed by atoms with E-state index in [0.29, 0.717) is 56.3 Å². The summed E-state index contributed by atoms with van der Waals surface area (Å²) in [5.41, 5.74) is 0.613. The standard InChI is InChI=1S/C17H26N2O5S/c1-4-23-15-7-6-13(12-16(15)24-5-2)18-17(20)19-10-8-14(9-11-19)25(3,21)22/h6-7,12,14H,4-5,8-11H2,1-3H3,(H,18,20). The maximum Gasteiger partial charge on any atom is 0.321 e. The molecule has 1 aliphatic rings. The first kappa shape index (κ1) is 19.4. The number of hydrogen-bond acceptors (Lipinski definition) is 5. The van der Waals surface area contributed by atoms with E-state index in [-0.39, 0.29) is 11.3 Å². The van der Waals surface area contributed by atoms with Crippen LogP contribution in [0.4, 0.5) is 10.5 Å². The molecule has 0 aromatic heterocycles. The molecule has 2 amide bonds. The van der Waals surface area contributed by atoms with Gasteiger partial charge in [0.2, 0.25) is 0 Å². The summed E-state index contributed by atoms with van der Waals surface area (Å²) in [5.74, 6) is 1.22. The normalized spacial score (nSPS) is 15.7. The second-order valence-electron chi connectivity index (χ2n) is 5.97. The van der Waals surface area contributed by atoms with Gasteiger partial charge >= 0.3 is 6.03 Å². The van der Waals surface area contributed by atoms with E-state index in [4.69, 9.17) is 9.47 Å². The third-order valence-corrected chi connectivity index (χ3v) is 5.81. The van der Waals surface area contributed by atoms with Crippen molar-refractivity contribution in [3.63, 3.8) is 0 Å². The molecule has 0 saturated carbocycles. The summed E-state index contributed by atoms with van der Waals surface area (Å²) in [7, 11) is -3.04. The summed E-state index contributed by atoms with van der Waals surface area (Å²) in [6.45, 7) is 5.66. The van der Waals surface area contributed by atoms with Crippen LogP contribution in [-0.4, -0.2) is 57.2 Å². The number of amides is 2. The number of piperidine rings is 1. The molecule has 8 heteroatoms. The lowest BCUT2D eigenvalue weighted by atomic mass is 10.1. The van der Waals surface area contributed by atoms with E-state index >= 15 is 0 Å². The number of hydrogen-bond donors (Lipinski definition) is 1. The van der Waals surface area contributed by atoms with Crippen molar-refractivity contribution in [2.45, 2.75) is 31.9 Å². The van der Waals surface area contributed by atoms with Crippen LogP contribution in [0.15, 0.2) is 18.2 Å². The van der Waals surface area contributed by atoms with Gasteiger partial charge in [0, 0.05) is 31.1 Å². The highest BCUT2D eigenvalue weighted by Gasteiger charge is 2.28. The van der Waals surface area contributed by atoms with Crippen LogP contribution in [-0.2, 0) is 9.84 Å². The molecule has 0 radical (unpaired) electrons. The topological polar surface area (TPSA) is 84.9 Å². The zero-order valence-corrected chi connectivity index (χ0v) is 15.8. The fourth-order valence-corrected chi connectivity index (χ4v) is 3.89. The van der Waals surface area contributed by atoms with Crippen LogP contribution in [0.2, 0.25) is 0 Å². The van der Waals surface area contributed by atoms with Crippen molar-refractivity contribution in [2.75, 3.05) is 37.9 Å². The van der Waals surface area contributed by atoms with Gasteiger partial charge in [0.15, 0.2) is 11.5 Å². The fourth-order valence-electron chi connectivity index (χ4n) is 2.82. The second kappa shape index (κ2) is 8.42. The molecular weight excluding hydrogens is 344 g/mol. The van der Waals surface area contributed by atoms with Crippen LogP contribution >= 0.6 is 0 Å². The van der Waals surface area contributed by atoms with Gasteiger partial charge in [0.1, 0.15) is 9.84 Å². The smallest absolute Gasteiger partial charge is 0.321 e. The quantitative estimate of drug-likeness (QED) is 0.832. The lowest BCUT2D eigenvalue weighted by molar-refractivity contribution is 0.200. The first-order valence-corrected chi connectivity index (χ1v) is 10.4. The Kier molecular flexibility index (Phi) is 6.52. The Balaban J connectivity index is 2.00. The Morgan fingerprint density at radius 1 is 1.16 bits per heavy atom. The summed E-state index contributed by atoms with van der Waals surface area (Å²) >= 11 is 0. The number of ether oxygens (including phenoxy) is 2. The number of nitrogens with zero attached hydrogens (tertiary/aromatic N) is 1. The van der Waals surface area contributed by atoms with Gasteiger partial charge in [0.05, 0.1) is 18.5 Å². The summed E-state index contributed by atoms with van der Waals surface area (Å²) in [5, 5.41) is 2.48. The Morgan fingerprint density at radius 2 is 1.76 bits per heavy atom. The minimum atomic E-state index is -3.04. The average molecular weight is 370 g/mol. The van der Waals surface area contributed by atoms with E-state index in [2.05, 4.69) is 5.32 Å². The Bertz CT molecular complexity index is 697. The number of nitrogens with one attached hydrogen (secondary N) is 1. The summed E-state index contributed by atoms with van der Waals surface area (Å²) in [6.07, 6.45) is 2.20. The van der Waals surface area contributed by atoms with E-state index in [1.54, 1.807) is 23.1 Å². The van der Waals surface area contributed by atoms with Crippen molar-refractivity contribution in [3.8, 4) is 11.5 Å². The highest BCUT2D eigenvalue weighted by molar-refractivity contribution is 7.91. The van der Waals surface area contributed by atoms with E-state index in [0.717, 1.165) is 0 Å². The molecule has 0 spiro atoms. The SMILES string of the molecule is CCOc1ccc(NC(=O)N2CCC(S(C)(=O)=O)CC2)cc1OCC. The molecule has 1 heterocycles. The van der Waals surface area contributed by atoms with Crippen molar-refractivity contribution < 1.29 is 22.7 Å². The third-order valence-electron chi connectivity index (χ3n) is 4.13. The first-order chi connectivity index (χ1) is 11.8. The molecule has 140 valence electrons. The number of benzene rings is 1. The number of sulfone groups is 1. The van der Waals surface area contributed by atoms with Crippen LogP contribution < -0.4 is 14.8 Å². The highest BCUT2D eigenvalue weighted by Crippen LogP contribution is 2.31. The van der Waals surface area contributed by atoms with Gasteiger partial charge in [0.25, 0.3) is 0 Å². The number of anilines is 1. The van der Waals surface area contributed by atoms with Crippen LogP contribution in [0.25, 0.3) is 0 Å². The third kappa shape index (κ3) is 5.26. The number of carbonyl (C=O) groups is 1. The van der Waals surface area contributed by atoms with Crippen molar-refractivity contribution in [1.82, 2.24) is 4.90 Å². The van der Waals surface area contributed by atoms with Crippen LogP contribution in [0, 0.1) is 0 Å². The molecule has 1 N–H and O–H groups in total. The molecule has 1 fully saturated rings. The lowest BCUT2D eigenvalue weighted by Gasteiger charge is -2.31. The van der Waals surface area contributed by atoms with E-state index in [9.17, 15) is 13.2 Å². The molecule has 7 nitrogen and oxygen atoms in total. The fraction of sp³-hybridized carbons (Fsp3) is 0.588. The van der Waals surface area contributed by atoms with E-state index in [1.165, 1.54) is 6.26 Å². The molecule has 0 aliphatic carbocycles. The first-order valence-electron chi connectivity index (χ1n) is 8.49. The van der Waals surface area contributed by atoms with Gasteiger partial charge in [-0.3, -0.25) is 0 Å². The second-order valence-corrected chi connectivity index (χ2v) is 8.30. The zero-order valence-electron chi connectivity index (χ0n) is 14.9. The lowest BCUT2D eigenvalue weighted by Crippen LogP contribution is -2.44.